The molecule has 0 spiro atoms. The van der Waals surface area contributed by atoms with E-state index < -0.39 is 0 Å². The Morgan fingerprint density at radius 2 is 2.14 bits per heavy atom. The number of carbonyl (C=O) groups is 1. The topological polar surface area (TPSA) is 84.2 Å². The molecule has 7 nitrogen and oxygen atoms in total. The molecule has 3 aromatic heterocycles. The van der Waals surface area contributed by atoms with Crippen LogP contribution in [0.25, 0.3) is 11.1 Å². The van der Waals surface area contributed by atoms with Crippen molar-refractivity contribution in [3.05, 3.63) is 46.2 Å². The van der Waals surface area contributed by atoms with Gasteiger partial charge in [0.1, 0.15) is 23.1 Å². The van der Waals surface area contributed by atoms with Gasteiger partial charge in [0, 0.05) is 30.7 Å². The second-order valence-corrected chi connectivity index (χ2v) is 8.23. The molecule has 0 saturated heterocycles. The largest absolute Gasteiger partial charge is 0.442 e. The predicted molar refractivity (Wildman–Crippen MR) is 105 cm³/mol. The molecule has 1 aliphatic carbocycles. The first kappa shape index (κ1) is 17.4. The molecule has 28 heavy (non-hydrogen) atoms. The van der Waals surface area contributed by atoms with Gasteiger partial charge in [0.15, 0.2) is 0 Å². The second-order valence-electron chi connectivity index (χ2n) is 7.84. The average Bonchev–Trinajstić information content (AvgIpc) is 3.29. The molecule has 1 aliphatic heterocycles. The lowest BCUT2D eigenvalue weighted by Gasteiger charge is -2.28. The molecule has 0 unspecified atom stereocenters. The number of aromatic nitrogens is 3. The van der Waals surface area contributed by atoms with E-state index in [1.807, 2.05) is 11.0 Å². The van der Waals surface area contributed by atoms with Crippen molar-refractivity contribution in [3.8, 4) is 0 Å². The molecule has 1 fully saturated rings. The molecule has 0 bridgehead atoms. The number of hydrogen-bond acceptors (Lipinski definition) is 6. The van der Waals surface area contributed by atoms with E-state index >= 15 is 0 Å². The van der Waals surface area contributed by atoms with E-state index in [-0.39, 0.29) is 11.4 Å². The number of pyridine rings is 1. The van der Waals surface area contributed by atoms with Gasteiger partial charge in [0.2, 0.25) is 5.71 Å². The number of halogens is 1. The molecule has 4 heterocycles. The van der Waals surface area contributed by atoms with Crippen LogP contribution in [0.4, 0.5) is 5.82 Å². The van der Waals surface area contributed by atoms with Crippen molar-refractivity contribution in [2.45, 2.75) is 45.2 Å². The fourth-order valence-corrected chi connectivity index (χ4v) is 3.88. The maximum Gasteiger partial charge on any atom is 0.258 e. The Kier molecular flexibility index (Phi) is 3.84. The minimum Gasteiger partial charge on any atom is -0.442 e. The SMILES string of the molecule is Cc1oc2ncnc(NC3(C)CC3)c2c1C(=O)N1CCc2nc(Cl)ccc2C1. The minimum absolute atomic E-state index is 0.0295. The first-order valence-electron chi connectivity index (χ1n) is 9.39. The summed E-state index contributed by atoms with van der Waals surface area (Å²) >= 11 is 5.99. The Morgan fingerprint density at radius 1 is 1.32 bits per heavy atom. The Balaban J connectivity index is 1.53. The first-order chi connectivity index (χ1) is 13.4. The highest BCUT2D eigenvalue weighted by molar-refractivity contribution is 6.29. The summed E-state index contributed by atoms with van der Waals surface area (Å²) in [5.41, 5.74) is 2.98. The van der Waals surface area contributed by atoms with Crippen molar-refractivity contribution in [1.29, 1.82) is 0 Å². The van der Waals surface area contributed by atoms with Gasteiger partial charge >= 0.3 is 0 Å². The van der Waals surface area contributed by atoms with Crippen molar-refractivity contribution < 1.29 is 9.21 Å². The molecule has 8 heteroatoms. The normalized spacial score (nSPS) is 17.5. The van der Waals surface area contributed by atoms with Crippen LogP contribution in [0.5, 0.6) is 0 Å². The summed E-state index contributed by atoms with van der Waals surface area (Å²) in [6.45, 7) is 5.03. The van der Waals surface area contributed by atoms with Crippen LogP contribution in [-0.4, -0.2) is 37.8 Å². The van der Waals surface area contributed by atoms with Crippen molar-refractivity contribution in [2.24, 2.45) is 0 Å². The van der Waals surface area contributed by atoms with Gasteiger partial charge in [-0.25, -0.2) is 15.0 Å². The third kappa shape index (κ3) is 2.90. The fourth-order valence-electron chi connectivity index (χ4n) is 3.72. The average molecular weight is 398 g/mol. The summed E-state index contributed by atoms with van der Waals surface area (Å²) in [7, 11) is 0. The Hall–Kier alpha value is -2.67. The molecule has 1 N–H and O–H groups in total. The molecule has 2 aliphatic rings. The summed E-state index contributed by atoms with van der Waals surface area (Å²) in [6.07, 6.45) is 4.31. The third-order valence-corrected chi connectivity index (χ3v) is 5.81. The number of furan rings is 1. The summed E-state index contributed by atoms with van der Waals surface area (Å²) < 4.78 is 5.80. The second kappa shape index (κ2) is 6.17. The molecule has 0 atom stereocenters. The lowest BCUT2D eigenvalue weighted by molar-refractivity contribution is 0.0733. The van der Waals surface area contributed by atoms with Gasteiger partial charge < -0.3 is 14.6 Å². The van der Waals surface area contributed by atoms with Crippen LogP contribution in [-0.2, 0) is 13.0 Å². The van der Waals surface area contributed by atoms with Gasteiger partial charge in [0.25, 0.3) is 5.91 Å². The minimum atomic E-state index is -0.0735. The zero-order chi connectivity index (χ0) is 19.5. The number of anilines is 1. The van der Waals surface area contributed by atoms with Crippen LogP contribution in [0.2, 0.25) is 5.15 Å². The highest BCUT2D eigenvalue weighted by Crippen LogP contribution is 2.40. The zero-order valence-corrected chi connectivity index (χ0v) is 16.5. The number of rotatable bonds is 3. The standard InChI is InChI=1S/C20H20ClN5O2/c1-11-15(16-17(25-20(2)6-7-20)22-10-23-18(16)28-11)19(27)26-8-5-13-12(9-26)3-4-14(21)24-13/h3-4,10H,5-9H2,1-2H3,(H,22,23,25). The van der Waals surface area contributed by atoms with Gasteiger partial charge in [-0.2, -0.15) is 0 Å². The van der Waals surface area contributed by atoms with Crippen LogP contribution in [0, 0.1) is 6.92 Å². The lowest BCUT2D eigenvalue weighted by Crippen LogP contribution is -2.36. The number of aryl methyl sites for hydroxylation is 1. The van der Waals surface area contributed by atoms with E-state index in [1.54, 1.807) is 13.0 Å². The molecule has 5 rings (SSSR count). The van der Waals surface area contributed by atoms with Crippen LogP contribution < -0.4 is 5.32 Å². The number of amides is 1. The quantitative estimate of drug-likeness (QED) is 0.678. The number of carbonyl (C=O) groups excluding carboxylic acids is 1. The summed E-state index contributed by atoms with van der Waals surface area (Å²) in [6, 6.07) is 3.70. The van der Waals surface area contributed by atoms with Gasteiger partial charge in [-0.05, 0) is 38.3 Å². The van der Waals surface area contributed by atoms with E-state index in [0.717, 1.165) is 24.1 Å². The molecule has 1 saturated carbocycles. The van der Waals surface area contributed by atoms with Gasteiger partial charge in [0.05, 0.1) is 10.9 Å². The van der Waals surface area contributed by atoms with Gasteiger partial charge in [-0.3, -0.25) is 4.79 Å². The van der Waals surface area contributed by atoms with Gasteiger partial charge in [-0.15, -0.1) is 0 Å². The van der Waals surface area contributed by atoms with Crippen molar-refractivity contribution in [1.82, 2.24) is 19.9 Å². The van der Waals surface area contributed by atoms with Crippen molar-refractivity contribution in [3.63, 3.8) is 0 Å². The van der Waals surface area contributed by atoms with E-state index in [4.69, 9.17) is 16.0 Å². The monoisotopic (exact) mass is 397 g/mol. The van der Waals surface area contributed by atoms with Crippen LogP contribution >= 0.6 is 11.6 Å². The maximum absolute atomic E-state index is 13.4. The zero-order valence-electron chi connectivity index (χ0n) is 15.8. The molecule has 0 aromatic carbocycles. The summed E-state index contributed by atoms with van der Waals surface area (Å²) in [5, 5.41) is 4.61. The van der Waals surface area contributed by atoms with Gasteiger partial charge in [-0.1, -0.05) is 17.7 Å². The number of hydrogen-bond donors (Lipinski definition) is 1. The molecular weight excluding hydrogens is 378 g/mol. The lowest BCUT2D eigenvalue weighted by atomic mass is 10.0. The van der Waals surface area contributed by atoms with E-state index in [9.17, 15) is 4.79 Å². The highest BCUT2D eigenvalue weighted by Gasteiger charge is 2.39. The summed E-state index contributed by atoms with van der Waals surface area (Å²) in [4.78, 5) is 28.3. The number of nitrogens with zero attached hydrogens (tertiary/aromatic N) is 4. The fraction of sp³-hybridized carbons (Fsp3) is 0.400. The maximum atomic E-state index is 13.4. The van der Waals surface area contributed by atoms with Crippen LogP contribution in [0.15, 0.2) is 22.9 Å². The summed E-state index contributed by atoms with van der Waals surface area (Å²) in [5.74, 6) is 1.15. The molecule has 1 amide bonds. The van der Waals surface area contributed by atoms with E-state index in [2.05, 4.69) is 27.2 Å². The number of nitrogens with one attached hydrogen (secondary N) is 1. The molecule has 3 aromatic rings. The molecular formula is C20H20ClN5O2. The van der Waals surface area contributed by atoms with Crippen LogP contribution in [0.3, 0.4) is 0 Å². The first-order valence-corrected chi connectivity index (χ1v) is 9.77. The highest BCUT2D eigenvalue weighted by atomic mass is 35.5. The van der Waals surface area contributed by atoms with Crippen molar-refractivity contribution in [2.75, 3.05) is 11.9 Å². The Labute approximate surface area is 167 Å². The van der Waals surface area contributed by atoms with Crippen LogP contribution in [0.1, 0.15) is 47.1 Å². The van der Waals surface area contributed by atoms with Crippen molar-refractivity contribution >= 4 is 34.4 Å². The third-order valence-electron chi connectivity index (χ3n) is 5.60. The smallest absolute Gasteiger partial charge is 0.258 e. The Morgan fingerprint density at radius 3 is 2.93 bits per heavy atom. The van der Waals surface area contributed by atoms with E-state index in [0.29, 0.717) is 52.9 Å². The molecule has 0 radical (unpaired) electrons. The number of fused-ring (bicyclic) bond motifs is 2. The molecule has 144 valence electrons. The van der Waals surface area contributed by atoms with E-state index in [1.165, 1.54) is 6.33 Å². The Bertz CT molecular complexity index is 1110. The predicted octanol–water partition coefficient (Wildman–Crippen LogP) is 3.74.